The van der Waals surface area contributed by atoms with Gasteiger partial charge in [-0.3, -0.25) is 9.88 Å². The Bertz CT molecular complexity index is 562. The van der Waals surface area contributed by atoms with Crippen molar-refractivity contribution in [2.24, 2.45) is 0 Å². The summed E-state index contributed by atoms with van der Waals surface area (Å²) >= 11 is 0. The molecule has 4 heteroatoms. The molecule has 0 bridgehead atoms. The summed E-state index contributed by atoms with van der Waals surface area (Å²) in [5, 5.41) is 4.80. The highest BCUT2D eigenvalue weighted by molar-refractivity contribution is 5.85. The van der Waals surface area contributed by atoms with Crippen LogP contribution in [0.4, 0.5) is 0 Å². The average Bonchev–Trinajstić information content (AvgIpc) is 2.37. The number of hydrogen-bond acceptors (Lipinski definition) is 3. The van der Waals surface area contributed by atoms with Crippen LogP contribution in [-0.2, 0) is 6.54 Å². The zero-order valence-electron chi connectivity index (χ0n) is 12.0. The van der Waals surface area contributed by atoms with E-state index in [9.17, 15) is 0 Å². The molecule has 3 nitrogen and oxygen atoms in total. The van der Waals surface area contributed by atoms with Crippen molar-refractivity contribution >= 4 is 23.3 Å². The predicted molar refractivity (Wildman–Crippen MR) is 86.3 cm³/mol. The highest BCUT2D eigenvalue weighted by Crippen LogP contribution is 2.15. The number of piperazine rings is 1. The molecule has 1 aliphatic heterocycles. The van der Waals surface area contributed by atoms with E-state index in [0.717, 1.165) is 25.2 Å². The van der Waals surface area contributed by atoms with Crippen molar-refractivity contribution in [3.8, 4) is 0 Å². The molecule has 0 aliphatic carbocycles. The van der Waals surface area contributed by atoms with Crippen LogP contribution in [0.15, 0.2) is 36.5 Å². The summed E-state index contributed by atoms with van der Waals surface area (Å²) in [5.41, 5.74) is 2.38. The van der Waals surface area contributed by atoms with Gasteiger partial charge in [0.15, 0.2) is 0 Å². The van der Waals surface area contributed by atoms with Gasteiger partial charge in [0.1, 0.15) is 0 Å². The van der Waals surface area contributed by atoms with Crippen LogP contribution >= 0.6 is 12.4 Å². The summed E-state index contributed by atoms with van der Waals surface area (Å²) in [7, 11) is 0. The van der Waals surface area contributed by atoms with Crippen molar-refractivity contribution in [2.75, 3.05) is 13.1 Å². The topological polar surface area (TPSA) is 28.2 Å². The monoisotopic (exact) mass is 291 g/mol. The molecule has 0 radical (unpaired) electrons. The number of nitrogens with zero attached hydrogens (tertiary/aromatic N) is 2. The summed E-state index contributed by atoms with van der Waals surface area (Å²) in [4.78, 5) is 7.05. The lowest BCUT2D eigenvalue weighted by Crippen LogP contribution is -2.53. The number of rotatable bonds is 2. The zero-order valence-corrected chi connectivity index (χ0v) is 12.9. The number of nitrogens with one attached hydrogen (secondary N) is 1. The molecule has 2 unspecified atom stereocenters. The van der Waals surface area contributed by atoms with E-state index in [0.29, 0.717) is 12.1 Å². The molecule has 20 heavy (non-hydrogen) atoms. The third-order valence-electron chi connectivity index (χ3n) is 3.69. The average molecular weight is 292 g/mol. The Balaban J connectivity index is 0.00000147. The standard InChI is InChI=1S/C16H21N3.ClH/c1-12-9-19(10-13(2)18-12)11-14-7-15-5-3-4-6-16(15)17-8-14;/h3-8,12-13,18H,9-11H2,1-2H3;1H. The van der Waals surface area contributed by atoms with E-state index < -0.39 is 0 Å². The van der Waals surface area contributed by atoms with Crippen molar-refractivity contribution in [3.05, 3.63) is 42.1 Å². The molecule has 2 heterocycles. The third kappa shape index (κ3) is 3.48. The van der Waals surface area contributed by atoms with E-state index >= 15 is 0 Å². The Morgan fingerprint density at radius 2 is 1.90 bits per heavy atom. The Labute approximate surface area is 126 Å². The minimum absolute atomic E-state index is 0. The first-order valence-electron chi connectivity index (χ1n) is 7.03. The molecule has 2 aromatic rings. The van der Waals surface area contributed by atoms with Crippen LogP contribution in [0.2, 0.25) is 0 Å². The van der Waals surface area contributed by atoms with Crippen LogP contribution in [0.5, 0.6) is 0 Å². The molecule has 1 aromatic carbocycles. The van der Waals surface area contributed by atoms with Crippen LogP contribution in [0.3, 0.4) is 0 Å². The molecule has 0 saturated carbocycles. The highest BCUT2D eigenvalue weighted by Gasteiger charge is 2.20. The summed E-state index contributed by atoms with van der Waals surface area (Å²) in [5.74, 6) is 0. The number of aromatic nitrogens is 1. The molecule has 2 atom stereocenters. The van der Waals surface area contributed by atoms with Crippen molar-refractivity contribution in [3.63, 3.8) is 0 Å². The Morgan fingerprint density at radius 1 is 1.20 bits per heavy atom. The largest absolute Gasteiger partial charge is 0.309 e. The van der Waals surface area contributed by atoms with E-state index in [2.05, 4.69) is 53.3 Å². The second-order valence-corrected chi connectivity index (χ2v) is 5.70. The molecule has 3 rings (SSSR count). The molecule has 1 N–H and O–H groups in total. The zero-order chi connectivity index (χ0) is 13.2. The predicted octanol–water partition coefficient (Wildman–Crippen LogP) is 2.84. The fourth-order valence-electron chi connectivity index (χ4n) is 3.03. The Morgan fingerprint density at radius 3 is 2.65 bits per heavy atom. The van der Waals surface area contributed by atoms with Gasteiger partial charge in [0.2, 0.25) is 0 Å². The van der Waals surface area contributed by atoms with Crippen LogP contribution in [0.25, 0.3) is 10.9 Å². The van der Waals surface area contributed by atoms with Gasteiger partial charge in [0, 0.05) is 43.3 Å². The van der Waals surface area contributed by atoms with Crippen molar-refractivity contribution in [1.82, 2.24) is 15.2 Å². The minimum atomic E-state index is 0. The van der Waals surface area contributed by atoms with E-state index in [1.807, 2.05) is 12.3 Å². The van der Waals surface area contributed by atoms with Crippen molar-refractivity contribution in [1.29, 1.82) is 0 Å². The van der Waals surface area contributed by atoms with E-state index in [1.54, 1.807) is 0 Å². The Kier molecular flexibility index (Phi) is 4.97. The fourth-order valence-corrected chi connectivity index (χ4v) is 3.03. The van der Waals surface area contributed by atoms with Gasteiger partial charge in [-0.2, -0.15) is 0 Å². The molecule has 1 fully saturated rings. The highest BCUT2D eigenvalue weighted by atomic mass is 35.5. The SMILES string of the molecule is CC1CN(Cc2cnc3ccccc3c2)CC(C)N1.Cl. The second kappa shape index (κ2) is 6.53. The minimum Gasteiger partial charge on any atom is -0.309 e. The first-order chi connectivity index (χ1) is 9.20. The van der Waals surface area contributed by atoms with Gasteiger partial charge in [0.25, 0.3) is 0 Å². The maximum Gasteiger partial charge on any atom is 0.0702 e. The molecule has 108 valence electrons. The summed E-state index contributed by atoms with van der Waals surface area (Å²) in [6, 6.07) is 11.7. The van der Waals surface area contributed by atoms with Gasteiger partial charge < -0.3 is 5.32 Å². The van der Waals surface area contributed by atoms with Gasteiger partial charge in [-0.05, 0) is 31.5 Å². The number of para-hydroxylation sites is 1. The number of halogens is 1. The molecule has 1 saturated heterocycles. The lowest BCUT2D eigenvalue weighted by atomic mass is 10.1. The third-order valence-corrected chi connectivity index (χ3v) is 3.69. The van der Waals surface area contributed by atoms with Crippen LogP contribution in [0.1, 0.15) is 19.4 Å². The second-order valence-electron chi connectivity index (χ2n) is 5.70. The van der Waals surface area contributed by atoms with Gasteiger partial charge in [-0.1, -0.05) is 18.2 Å². The molecular formula is C16H22ClN3. The smallest absolute Gasteiger partial charge is 0.0702 e. The maximum absolute atomic E-state index is 4.54. The first kappa shape index (κ1) is 15.2. The molecule has 1 aliphatic rings. The van der Waals surface area contributed by atoms with Crippen molar-refractivity contribution in [2.45, 2.75) is 32.5 Å². The number of hydrogen-bond donors (Lipinski definition) is 1. The van der Waals surface area contributed by atoms with E-state index in [1.165, 1.54) is 10.9 Å². The number of fused-ring (bicyclic) bond motifs is 1. The summed E-state index contributed by atoms with van der Waals surface area (Å²) in [6.07, 6.45) is 2.01. The van der Waals surface area contributed by atoms with Crippen molar-refractivity contribution < 1.29 is 0 Å². The normalized spacial score (nSPS) is 23.5. The van der Waals surface area contributed by atoms with Crippen LogP contribution in [0, 0.1) is 0 Å². The van der Waals surface area contributed by atoms with Crippen LogP contribution in [-0.4, -0.2) is 35.1 Å². The quantitative estimate of drug-likeness (QED) is 0.922. The lowest BCUT2D eigenvalue weighted by Gasteiger charge is -2.36. The first-order valence-corrected chi connectivity index (χ1v) is 7.03. The van der Waals surface area contributed by atoms with E-state index in [-0.39, 0.29) is 12.4 Å². The lowest BCUT2D eigenvalue weighted by molar-refractivity contribution is 0.166. The molecule has 1 aromatic heterocycles. The van der Waals surface area contributed by atoms with Gasteiger partial charge in [-0.25, -0.2) is 0 Å². The Hall–Kier alpha value is -1.16. The molecule has 0 amide bonds. The fraction of sp³-hybridized carbons (Fsp3) is 0.438. The van der Waals surface area contributed by atoms with Gasteiger partial charge >= 0.3 is 0 Å². The van der Waals surface area contributed by atoms with Gasteiger partial charge in [0.05, 0.1) is 5.52 Å². The number of benzene rings is 1. The maximum atomic E-state index is 4.54. The molecular weight excluding hydrogens is 270 g/mol. The van der Waals surface area contributed by atoms with Gasteiger partial charge in [-0.15, -0.1) is 12.4 Å². The van der Waals surface area contributed by atoms with E-state index in [4.69, 9.17) is 0 Å². The summed E-state index contributed by atoms with van der Waals surface area (Å²) < 4.78 is 0. The molecule has 0 spiro atoms. The number of pyridine rings is 1. The summed E-state index contributed by atoms with van der Waals surface area (Å²) in [6.45, 7) is 7.71. The van der Waals surface area contributed by atoms with Crippen LogP contribution < -0.4 is 5.32 Å².